The van der Waals surface area contributed by atoms with Crippen LogP contribution in [0, 0.1) is 15.9 Å². The molecule has 14 heteroatoms. The number of hydrazone groups is 1. The van der Waals surface area contributed by atoms with E-state index in [4.69, 9.17) is 4.74 Å². The average molecular weight is 628 g/mol. The molecule has 3 aromatic carbocycles. The van der Waals surface area contributed by atoms with Crippen LogP contribution in [-0.2, 0) is 15.7 Å². The number of carbonyl (C=O) groups excluding carboxylic acids is 2. The third kappa shape index (κ3) is 7.70. The van der Waals surface area contributed by atoms with Crippen molar-refractivity contribution in [3.63, 3.8) is 0 Å². The van der Waals surface area contributed by atoms with Crippen molar-refractivity contribution in [2.24, 2.45) is 5.10 Å². The van der Waals surface area contributed by atoms with Crippen LogP contribution in [0.5, 0.6) is 0 Å². The SMILES string of the molecule is O=C(c1ccc(C(F)(F)F)cc1)N(CCN1CCOCC1)CC(=O)N1N=C(c2ccc([N+](=O)[O-])cc2)C[C@@H]1c1ccc(F)cc1. The largest absolute Gasteiger partial charge is 0.416 e. The zero-order valence-electron chi connectivity index (χ0n) is 24.0. The number of nitro benzene ring substituents is 1. The summed E-state index contributed by atoms with van der Waals surface area (Å²) in [6.45, 7) is 2.36. The molecule has 0 unspecified atom stereocenters. The second kappa shape index (κ2) is 13.5. The van der Waals surface area contributed by atoms with Crippen molar-refractivity contribution < 1.29 is 36.8 Å². The van der Waals surface area contributed by atoms with Crippen molar-refractivity contribution >= 4 is 23.2 Å². The molecule has 0 radical (unpaired) electrons. The van der Waals surface area contributed by atoms with Crippen molar-refractivity contribution in [3.05, 3.63) is 111 Å². The lowest BCUT2D eigenvalue weighted by atomic mass is 9.98. The third-order valence-electron chi connectivity index (χ3n) is 7.69. The number of alkyl halides is 3. The number of hydrogen-bond donors (Lipinski definition) is 0. The fourth-order valence-corrected chi connectivity index (χ4v) is 5.19. The van der Waals surface area contributed by atoms with E-state index < -0.39 is 46.9 Å². The molecule has 2 aliphatic rings. The van der Waals surface area contributed by atoms with Gasteiger partial charge in [0.1, 0.15) is 12.4 Å². The molecule has 2 aliphatic heterocycles. The summed E-state index contributed by atoms with van der Waals surface area (Å²) >= 11 is 0. The van der Waals surface area contributed by atoms with Crippen molar-refractivity contribution in [1.29, 1.82) is 0 Å². The highest BCUT2D eigenvalue weighted by Gasteiger charge is 2.35. The molecule has 0 spiro atoms. The van der Waals surface area contributed by atoms with E-state index in [1.54, 1.807) is 0 Å². The Kier molecular flexibility index (Phi) is 9.54. The molecule has 5 rings (SSSR count). The molecule has 0 bridgehead atoms. The summed E-state index contributed by atoms with van der Waals surface area (Å²) in [6.07, 6.45) is -4.35. The topological polar surface area (TPSA) is 109 Å². The minimum Gasteiger partial charge on any atom is -0.379 e. The van der Waals surface area contributed by atoms with Crippen LogP contribution in [-0.4, -0.2) is 83.2 Å². The Hall–Kier alpha value is -4.69. The summed E-state index contributed by atoms with van der Waals surface area (Å²) in [4.78, 5) is 41.4. The highest BCUT2D eigenvalue weighted by Crippen LogP contribution is 2.34. The minimum atomic E-state index is -4.57. The van der Waals surface area contributed by atoms with Crippen molar-refractivity contribution in [2.75, 3.05) is 45.9 Å². The standard InChI is InChI=1S/C31H29F4N5O5/c32-25-9-3-22(4-10-25)28-19-27(21-5-11-26(12-6-21)40(43)44)36-39(28)29(41)20-38(14-13-37-15-17-45-18-16-37)30(42)23-1-7-24(8-2-23)31(33,34)35/h1-12,28H,13-20H2/t28-/m1/s1. The first-order valence-corrected chi connectivity index (χ1v) is 14.2. The molecule has 0 N–H and O–H groups in total. The molecule has 0 saturated carbocycles. The smallest absolute Gasteiger partial charge is 0.379 e. The Labute approximate surface area is 255 Å². The molecule has 236 valence electrons. The summed E-state index contributed by atoms with van der Waals surface area (Å²) in [5, 5.41) is 16.9. The van der Waals surface area contributed by atoms with Gasteiger partial charge in [0.15, 0.2) is 0 Å². The number of carbonyl (C=O) groups is 2. The zero-order chi connectivity index (χ0) is 32.1. The van der Waals surface area contributed by atoms with E-state index in [0.29, 0.717) is 49.7 Å². The number of rotatable bonds is 9. The van der Waals surface area contributed by atoms with Gasteiger partial charge < -0.3 is 9.64 Å². The quantitative estimate of drug-likeness (QED) is 0.190. The predicted octanol–water partition coefficient (Wildman–Crippen LogP) is 4.91. The fourth-order valence-electron chi connectivity index (χ4n) is 5.19. The van der Waals surface area contributed by atoms with E-state index in [-0.39, 0.29) is 24.2 Å². The predicted molar refractivity (Wildman–Crippen MR) is 155 cm³/mol. The van der Waals surface area contributed by atoms with E-state index >= 15 is 0 Å². The summed E-state index contributed by atoms with van der Waals surface area (Å²) in [6, 6.07) is 14.4. The molecule has 1 atom stereocenters. The minimum absolute atomic E-state index is 0.00986. The molecular weight excluding hydrogens is 598 g/mol. The van der Waals surface area contributed by atoms with E-state index in [2.05, 4.69) is 10.0 Å². The van der Waals surface area contributed by atoms with Gasteiger partial charge >= 0.3 is 6.18 Å². The first-order chi connectivity index (χ1) is 21.5. The highest BCUT2D eigenvalue weighted by atomic mass is 19.4. The van der Waals surface area contributed by atoms with Crippen molar-refractivity contribution in [3.8, 4) is 0 Å². The van der Waals surface area contributed by atoms with Gasteiger partial charge in [-0.3, -0.25) is 24.6 Å². The van der Waals surface area contributed by atoms with E-state index in [1.165, 1.54) is 58.4 Å². The zero-order valence-corrected chi connectivity index (χ0v) is 24.0. The number of nitrogens with zero attached hydrogens (tertiary/aromatic N) is 5. The lowest BCUT2D eigenvalue weighted by Crippen LogP contribution is -2.46. The van der Waals surface area contributed by atoms with Crippen LogP contribution >= 0.6 is 0 Å². The van der Waals surface area contributed by atoms with Crippen LogP contribution in [0.4, 0.5) is 23.2 Å². The molecule has 1 fully saturated rings. The summed E-state index contributed by atoms with van der Waals surface area (Å²) in [5.41, 5.74) is 0.568. The van der Waals surface area contributed by atoms with Crippen molar-refractivity contribution in [2.45, 2.75) is 18.6 Å². The molecule has 0 aliphatic carbocycles. The first-order valence-electron chi connectivity index (χ1n) is 14.2. The Morgan fingerprint density at radius 1 is 0.978 bits per heavy atom. The van der Waals surface area contributed by atoms with Gasteiger partial charge in [0.25, 0.3) is 17.5 Å². The Bertz CT molecular complexity index is 1560. The molecule has 3 aromatic rings. The monoisotopic (exact) mass is 627 g/mol. The van der Waals surface area contributed by atoms with E-state index in [0.717, 1.165) is 24.3 Å². The maximum absolute atomic E-state index is 13.9. The maximum Gasteiger partial charge on any atom is 0.416 e. The van der Waals surface area contributed by atoms with Gasteiger partial charge in [0.05, 0.1) is 35.5 Å². The molecule has 2 amide bonds. The number of ether oxygens (including phenoxy) is 1. The van der Waals surface area contributed by atoms with Gasteiger partial charge in [0.2, 0.25) is 0 Å². The van der Waals surface area contributed by atoms with Gasteiger partial charge in [-0.15, -0.1) is 0 Å². The Morgan fingerprint density at radius 3 is 2.22 bits per heavy atom. The summed E-state index contributed by atoms with van der Waals surface area (Å²) in [7, 11) is 0. The lowest BCUT2D eigenvalue weighted by molar-refractivity contribution is -0.384. The first kappa shape index (κ1) is 31.7. The normalized spacial score (nSPS) is 17.2. The Morgan fingerprint density at radius 2 is 1.62 bits per heavy atom. The molecule has 1 saturated heterocycles. The van der Waals surface area contributed by atoms with Crippen LogP contribution in [0.15, 0.2) is 77.9 Å². The molecule has 10 nitrogen and oxygen atoms in total. The maximum atomic E-state index is 13.9. The Balaban J connectivity index is 1.42. The summed E-state index contributed by atoms with van der Waals surface area (Å²) < 4.78 is 58.5. The van der Waals surface area contributed by atoms with E-state index in [1.807, 2.05) is 0 Å². The van der Waals surface area contributed by atoms with Gasteiger partial charge in [-0.25, -0.2) is 9.40 Å². The number of halogens is 4. The molecule has 45 heavy (non-hydrogen) atoms. The average Bonchev–Trinajstić information content (AvgIpc) is 3.49. The number of benzene rings is 3. The fraction of sp³-hybridized carbons (Fsp3) is 0.323. The summed E-state index contributed by atoms with van der Waals surface area (Å²) in [5.74, 6) is -1.66. The number of nitro groups is 1. The van der Waals surface area contributed by atoms with Crippen molar-refractivity contribution in [1.82, 2.24) is 14.8 Å². The molecule has 0 aromatic heterocycles. The molecule has 2 heterocycles. The second-order valence-electron chi connectivity index (χ2n) is 10.6. The number of non-ortho nitro benzene ring substituents is 1. The van der Waals surface area contributed by atoms with Crippen LogP contribution in [0.25, 0.3) is 0 Å². The highest BCUT2D eigenvalue weighted by molar-refractivity contribution is 6.04. The number of hydrogen-bond acceptors (Lipinski definition) is 7. The molecular formula is C31H29F4N5O5. The van der Waals surface area contributed by atoms with Gasteiger partial charge in [-0.05, 0) is 59.7 Å². The number of amides is 2. The van der Waals surface area contributed by atoms with Crippen LogP contribution in [0.2, 0.25) is 0 Å². The van der Waals surface area contributed by atoms with Gasteiger partial charge in [-0.2, -0.15) is 18.3 Å². The van der Waals surface area contributed by atoms with Crippen LogP contribution < -0.4 is 0 Å². The second-order valence-corrected chi connectivity index (χ2v) is 10.6. The van der Waals surface area contributed by atoms with Gasteiger partial charge in [0, 0.05) is 50.3 Å². The third-order valence-corrected chi connectivity index (χ3v) is 7.69. The number of morpholine rings is 1. The van der Waals surface area contributed by atoms with Crippen LogP contribution in [0.3, 0.4) is 0 Å². The lowest BCUT2D eigenvalue weighted by Gasteiger charge is -2.31. The van der Waals surface area contributed by atoms with Crippen LogP contribution in [0.1, 0.15) is 39.5 Å². The van der Waals surface area contributed by atoms with E-state index in [9.17, 15) is 37.3 Å². The van der Waals surface area contributed by atoms with Gasteiger partial charge in [-0.1, -0.05) is 12.1 Å².